The SMILES string of the molecule is Fc1ccc(-c2ncn(C(C(F)(F)F)C(F)(F)F)c2-c2ccnc(NCC3CCC(F)(F)CC3)n2)cc1. The largest absolute Gasteiger partial charge is 0.418 e. The van der Waals surface area contributed by atoms with Gasteiger partial charge in [0.05, 0.1) is 23.4 Å². The van der Waals surface area contributed by atoms with Gasteiger partial charge in [-0.2, -0.15) is 26.3 Å². The zero-order valence-corrected chi connectivity index (χ0v) is 18.9. The van der Waals surface area contributed by atoms with Gasteiger partial charge in [0.15, 0.2) is 0 Å². The third-order valence-corrected chi connectivity index (χ3v) is 6.09. The summed E-state index contributed by atoms with van der Waals surface area (Å²) in [6.45, 7) is 0.192. The molecule has 14 heteroatoms. The number of nitrogens with zero attached hydrogens (tertiary/aromatic N) is 4. The van der Waals surface area contributed by atoms with E-state index in [1.54, 1.807) is 0 Å². The molecule has 5 nitrogen and oxygen atoms in total. The van der Waals surface area contributed by atoms with E-state index in [0.717, 1.165) is 24.4 Å². The van der Waals surface area contributed by atoms with Gasteiger partial charge in [0, 0.05) is 31.1 Å². The average Bonchev–Trinajstić information content (AvgIpc) is 3.21. The van der Waals surface area contributed by atoms with Crippen LogP contribution in [0.25, 0.3) is 22.6 Å². The van der Waals surface area contributed by atoms with Crippen LogP contribution in [0.3, 0.4) is 0 Å². The minimum absolute atomic E-state index is 0.0615. The monoisotopic (exact) mass is 537 g/mol. The van der Waals surface area contributed by atoms with Crippen molar-refractivity contribution in [3.63, 3.8) is 0 Å². The third kappa shape index (κ3) is 6.16. The van der Waals surface area contributed by atoms with Crippen molar-refractivity contribution in [1.29, 1.82) is 0 Å². The first-order valence-corrected chi connectivity index (χ1v) is 11.2. The fourth-order valence-electron chi connectivity index (χ4n) is 4.25. The first-order valence-electron chi connectivity index (χ1n) is 11.2. The van der Waals surface area contributed by atoms with Gasteiger partial charge >= 0.3 is 12.4 Å². The molecule has 1 aliphatic rings. The number of hydrogen-bond acceptors (Lipinski definition) is 4. The molecule has 0 amide bonds. The molecule has 0 saturated heterocycles. The molecule has 0 spiro atoms. The summed E-state index contributed by atoms with van der Waals surface area (Å²) in [6.07, 6.45) is -9.97. The molecule has 1 saturated carbocycles. The van der Waals surface area contributed by atoms with Crippen LogP contribution >= 0.6 is 0 Å². The van der Waals surface area contributed by atoms with Crippen molar-refractivity contribution >= 4 is 5.95 Å². The van der Waals surface area contributed by atoms with Gasteiger partial charge in [0.1, 0.15) is 5.82 Å². The molecule has 2 heterocycles. The van der Waals surface area contributed by atoms with Crippen LogP contribution in [-0.2, 0) is 0 Å². The maximum absolute atomic E-state index is 13.6. The molecule has 0 atom stereocenters. The number of halogens is 9. The van der Waals surface area contributed by atoms with Crippen LogP contribution in [0.5, 0.6) is 0 Å². The molecule has 1 fully saturated rings. The van der Waals surface area contributed by atoms with Gasteiger partial charge < -0.3 is 9.88 Å². The lowest BCUT2D eigenvalue weighted by atomic mass is 9.87. The quantitative estimate of drug-likeness (QED) is 0.343. The molecule has 1 aromatic carbocycles. The minimum Gasteiger partial charge on any atom is -0.354 e. The Morgan fingerprint density at radius 3 is 2.16 bits per heavy atom. The number of anilines is 1. The van der Waals surface area contributed by atoms with Crippen LogP contribution < -0.4 is 5.32 Å². The van der Waals surface area contributed by atoms with Crippen molar-refractivity contribution in [1.82, 2.24) is 19.5 Å². The molecule has 0 aliphatic heterocycles. The second-order valence-electron chi connectivity index (χ2n) is 8.79. The van der Waals surface area contributed by atoms with Crippen molar-refractivity contribution in [3.05, 3.63) is 48.7 Å². The van der Waals surface area contributed by atoms with E-state index >= 15 is 0 Å². The molecule has 4 rings (SSSR count). The summed E-state index contributed by atoms with van der Waals surface area (Å²) in [4.78, 5) is 11.8. The van der Waals surface area contributed by atoms with Crippen LogP contribution in [0, 0.1) is 11.7 Å². The number of alkyl halides is 8. The van der Waals surface area contributed by atoms with E-state index in [1.165, 1.54) is 12.1 Å². The molecular formula is C23H20F9N5. The smallest absolute Gasteiger partial charge is 0.354 e. The first-order chi connectivity index (χ1) is 17.2. The summed E-state index contributed by atoms with van der Waals surface area (Å²) in [5.74, 6) is -3.63. The Morgan fingerprint density at radius 2 is 1.57 bits per heavy atom. The molecular weight excluding hydrogens is 517 g/mol. The zero-order chi connectivity index (χ0) is 27.0. The molecule has 1 aliphatic carbocycles. The van der Waals surface area contributed by atoms with E-state index in [1.807, 2.05) is 0 Å². The Labute approximate surface area is 204 Å². The highest BCUT2D eigenvalue weighted by Crippen LogP contribution is 2.46. The zero-order valence-electron chi connectivity index (χ0n) is 18.9. The average molecular weight is 537 g/mol. The topological polar surface area (TPSA) is 55.6 Å². The van der Waals surface area contributed by atoms with Gasteiger partial charge in [0.25, 0.3) is 0 Å². The molecule has 37 heavy (non-hydrogen) atoms. The molecule has 0 bridgehead atoms. The lowest BCUT2D eigenvalue weighted by Gasteiger charge is -2.28. The normalized spacial score (nSPS) is 16.8. The van der Waals surface area contributed by atoms with E-state index in [4.69, 9.17) is 0 Å². The van der Waals surface area contributed by atoms with E-state index in [0.29, 0.717) is 6.33 Å². The van der Waals surface area contributed by atoms with Crippen LogP contribution in [0.1, 0.15) is 31.7 Å². The fourth-order valence-corrected chi connectivity index (χ4v) is 4.25. The second kappa shape index (κ2) is 9.86. The van der Waals surface area contributed by atoms with E-state index in [9.17, 15) is 39.5 Å². The number of hydrogen-bond donors (Lipinski definition) is 1. The Balaban J connectivity index is 1.73. The summed E-state index contributed by atoms with van der Waals surface area (Å²) >= 11 is 0. The standard InChI is InChI=1S/C23H20F9N5/c24-15-3-1-14(2-4-15)17-18(37(12-35-17)19(22(27,28)29)23(30,31)32)16-7-10-33-20(36-16)34-11-13-5-8-21(25,26)9-6-13/h1-4,7,10,12-13,19H,5-6,8-9,11H2,(H,33,34,36). The predicted octanol–water partition coefficient (Wildman–Crippen LogP) is 7.05. The lowest BCUT2D eigenvalue weighted by molar-refractivity contribution is -0.273. The number of rotatable bonds is 6. The Hall–Kier alpha value is -3.32. The second-order valence-corrected chi connectivity index (χ2v) is 8.79. The fraction of sp³-hybridized carbons (Fsp3) is 0.435. The maximum atomic E-state index is 13.6. The van der Waals surface area contributed by atoms with Crippen molar-refractivity contribution in [2.75, 3.05) is 11.9 Å². The van der Waals surface area contributed by atoms with Crippen molar-refractivity contribution in [2.24, 2.45) is 5.92 Å². The van der Waals surface area contributed by atoms with Crippen LogP contribution in [0.2, 0.25) is 0 Å². The van der Waals surface area contributed by atoms with Crippen molar-refractivity contribution in [3.8, 4) is 22.6 Å². The predicted molar refractivity (Wildman–Crippen MR) is 115 cm³/mol. The van der Waals surface area contributed by atoms with Crippen LogP contribution in [0.4, 0.5) is 45.5 Å². The van der Waals surface area contributed by atoms with Crippen molar-refractivity contribution < 1.29 is 39.5 Å². The summed E-state index contributed by atoms with van der Waals surface area (Å²) in [6, 6.07) is 1.51. The van der Waals surface area contributed by atoms with Gasteiger partial charge in [0.2, 0.25) is 17.9 Å². The molecule has 200 valence electrons. The molecule has 0 unspecified atom stereocenters. The summed E-state index contributed by atoms with van der Waals surface area (Å²) in [7, 11) is 0. The van der Waals surface area contributed by atoms with Gasteiger partial charge in [-0.25, -0.2) is 28.1 Å². The number of aromatic nitrogens is 4. The minimum atomic E-state index is -5.72. The molecule has 2 aromatic heterocycles. The highest BCUT2D eigenvalue weighted by Gasteiger charge is 2.58. The van der Waals surface area contributed by atoms with Gasteiger partial charge in [-0.1, -0.05) is 0 Å². The Bertz CT molecular complexity index is 1190. The number of nitrogens with one attached hydrogen (secondary N) is 1. The number of benzene rings is 1. The Kier molecular flexibility index (Phi) is 7.12. The van der Waals surface area contributed by atoms with E-state index in [-0.39, 0.29) is 65.6 Å². The van der Waals surface area contributed by atoms with E-state index in [2.05, 4.69) is 20.3 Å². The van der Waals surface area contributed by atoms with Gasteiger partial charge in [-0.15, -0.1) is 0 Å². The Morgan fingerprint density at radius 1 is 0.946 bits per heavy atom. The van der Waals surface area contributed by atoms with Gasteiger partial charge in [-0.05, 0) is 49.1 Å². The van der Waals surface area contributed by atoms with Gasteiger partial charge in [-0.3, -0.25) is 0 Å². The highest BCUT2D eigenvalue weighted by atomic mass is 19.4. The highest BCUT2D eigenvalue weighted by molar-refractivity contribution is 5.77. The van der Waals surface area contributed by atoms with Crippen LogP contribution in [-0.4, -0.2) is 44.3 Å². The lowest BCUT2D eigenvalue weighted by Crippen LogP contribution is -2.38. The molecule has 3 aromatic rings. The molecule has 0 radical (unpaired) electrons. The van der Waals surface area contributed by atoms with E-state index < -0.39 is 35.8 Å². The summed E-state index contributed by atoms with van der Waals surface area (Å²) in [5, 5.41) is 2.83. The third-order valence-electron chi connectivity index (χ3n) is 6.09. The van der Waals surface area contributed by atoms with Crippen molar-refractivity contribution in [2.45, 2.75) is 50.0 Å². The number of imidazole rings is 1. The summed E-state index contributed by atoms with van der Waals surface area (Å²) in [5.41, 5.74) is -1.12. The summed E-state index contributed by atoms with van der Waals surface area (Å²) < 4.78 is 122. The first kappa shape index (κ1) is 26.7. The molecule has 1 N–H and O–H groups in total. The van der Waals surface area contributed by atoms with Crippen LogP contribution in [0.15, 0.2) is 42.9 Å². The maximum Gasteiger partial charge on any atom is 0.418 e.